The molecule has 0 aromatic heterocycles. The average molecular weight is 392 g/mol. The lowest BCUT2D eigenvalue weighted by atomic mass is 10.1. The Bertz CT molecular complexity index is 1000. The van der Waals surface area contributed by atoms with Crippen LogP contribution in [-0.2, 0) is 0 Å². The highest BCUT2D eigenvalue weighted by Gasteiger charge is 2.29. The van der Waals surface area contributed by atoms with Gasteiger partial charge in [-0.05, 0) is 24.3 Å². The summed E-state index contributed by atoms with van der Waals surface area (Å²) in [5, 5.41) is 37.0. The summed E-state index contributed by atoms with van der Waals surface area (Å²) < 4.78 is 0. The maximum Gasteiger partial charge on any atom is 0.337 e. The van der Waals surface area contributed by atoms with E-state index < -0.39 is 35.0 Å². The zero-order chi connectivity index (χ0) is 19.2. The van der Waals surface area contributed by atoms with Crippen LogP contribution >= 0.6 is 23.5 Å². The molecule has 0 atom stereocenters. The van der Waals surface area contributed by atoms with Crippen molar-refractivity contribution >= 4 is 47.4 Å². The number of hydrogen-bond donors (Lipinski definition) is 4. The minimum atomic E-state index is -1.43. The molecule has 0 spiro atoms. The Morgan fingerprint density at radius 3 is 1.58 bits per heavy atom. The minimum absolute atomic E-state index is 0.175. The van der Waals surface area contributed by atoms with Crippen LogP contribution in [0.25, 0.3) is 0 Å². The Labute approximate surface area is 153 Å². The zero-order valence-electron chi connectivity index (χ0n) is 12.5. The molecule has 2 aromatic carbocycles. The largest absolute Gasteiger partial charge is 0.478 e. The Morgan fingerprint density at radius 1 is 0.615 bits per heavy atom. The molecule has 4 N–H and O–H groups in total. The number of hydrogen-bond acceptors (Lipinski definition) is 6. The number of carboxylic acids is 4. The summed E-state index contributed by atoms with van der Waals surface area (Å²) in [4.78, 5) is 46.9. The lowest BCUT2D eigenvalue weighted by Gasteiger charge is -2.21. The summed E-state index contributed by atoms with van der Waals surface area (Å²) in [6.45, 7) is 0. The molecule has 0 aliphatic carbocycles. The highest BCUT2D eigenvalue weighted by molar-refractivity contribution is 8.05. The van der Waals surface area contributed by atoms with Gasteiger partial charge in [0.15, 0.2) is 0 Å². The van der Waals surface area contributed by atoms with E-state index >= 15 is 0 Å². The van der Waals surface area contributed by atoms with Gasteiger partial charge in [-0.2, -0.15) is 0 Å². The molecular formula is C16H8O8S2. The van der Waals surface area contributed by atoms with Crippen LogP contribution in [0, 0.1) is 0 Å². The van der Waals surface area contributed by atoms with Gasteiger partial charge in [0.25, 0.3) is 0 Å². The highest BCUT2D eigenvalue weighted by atomic mass is 32.2. The molecule has 0 radical (unpaired) electrons. The van der Waals surface area contributed by atoms with Gasteiger partial charge in [0.05, 0.1) is 22.3 Å². The normalized spacial score (nSPS) is 12.0. The van der Waals surface area contributed by atoms with Crippen molar-refractivity contribution < 1.29 is 39.6 Å². The highest BCUT2D eigenvalue weighted by Crippen LogP contribution is 2.51. The van der Waals surface area contributed by atoms with E-state index in [1.54, 1.807) is 0 Å². The third-order valence-electron chi connectivity index (χ3n) is 3.54. The van der Waals surface area contributed by atoms with Crippen LogP contribution in [0.3, 0.4) is 0 Å². The Hall–Kier alpha value is -2.98. The van der Waals surface area contributed by atoms with Gasteiger partial charge in [0.1, 0.15) is 0 Å². The van der Waals surface area contributed by atoms with E-state index in [0.29, 0.717) is 14.7 Å². The molecule has 1 aliphatic rings. The molecule has 2 aromatic rings. The van der Waals surface area contributed by atoms with Gasteiger partial charge < -0.3 is 20.4 Å². The molecule has 0 fully saturated rings. The van der Waals surface area contributed by atoms with Crippen molar-refractivity contribution in [2.45, 2.75) is 19.6 Å². The van der Waals surface area contributed by atoms with Crippen molar-refractivity contribution in [3.05, 3.63) is 46.5 Å². The minimum Gasteiger partial charge on any atom is -0.478 e. The number of carbonyl (C=O) groups is 4. The van der Waals surface area contributed by atoms with Crippen LogP contribution in [0.1, 0.15) is 41.4 Å². The predicted octanol–water partition coefficient (Wildman–Crippen LogP) is 3.10. The first-order chi connectivity index (χ1) is 12.2. The van der Waals surface area contributed by atoms with Gasteiger partial charge in [0, 0.05) is 19.6 Å². The number of aromatic carboxylic acids is 4. The maximum atomic E-state index is 11.6. The molecule has 0 unspecified atom stereocenters. The lowest BCUT2D eigenvalue weighted by Crippen LogP contribution is -2.12. The second-order valence-corrected chi connectivity index (χ2v) is 7.22. The van der Waals surface area contributed by atoms with E-state index in [1.165, 1.54) is 18.2 Å². The molecular weight excluding hydrogens is 384 g/mol. The third-order valence-corrected chi connectivity index (χ3v) is 6.10. The smallest absolute Gasteiger partial charge is 0.337 e. The van der Waals surface area contributed by atoms with Crippen molar-refractivity contribution in [2.24, 2.45) is 0 Å². The summed E-state index contributed by atoms with van der Waals surface area (Å²) in [6.07, 6.45) is 0. The molecule has 0 bridgehead atoms. The standard InChI is InChI=1S/C16H8O8S2/c17-13(18)5-1-2-8-12(11(5)16(23)24)26-10-4-7(15(21)22)6(14(19)20)3-9(10)25-8/h1-4H,(H,17,18)(H,19,20)(H,21,22)(H,23,24). The van der Waals surface area contributed by atoms with E-state index in [0.717, 1.165) is 29.6 Å². The van der Waals surface area contributed by atoms with Gasteiger partial charge in [-0.15, -0.1) is 0 Å². The van der Waals surface area contributed by atoms with Crippen molar-refractivity contribution in [3.63, 3.8) is 0 Å². The monoisotopic (exact) mass is 392 g/mol. The van der Waals surface area contributed by atoms with Crippen molar-refractivity contribution in [1.82, 2.24) is 0 Å². The number of benzene rings is 2. The van der Waals surface area contributed by atoms with Gasteiger partial charge in [-0.1, -0.05) is 23.5 Å². The fraction of sp³-hybridized carbons (Fsp3) is 0. The Balaban J connectivity index is 2.22. The first-order valence-electron chi connectivity index (χ1n) is 6.84. The fourth-order valence-electron chi connectivity index (χ4n) is 2.44. The predicted molar refractivity (Wildman–Crippen MR) is 89.0 cm³/mol. The summed E-state index contributed by atoms with van der Waals surface area (Å²) in [5.41, 5.74) is -1.58. The molecule has 1 heterocycles. The Kier molecular flexibility index (Phi) is 4.38. The van der Waals surface area contributed by atoms with Crippen molar-refractivity contribution in [3.8, 4) is 0 Å². The van der Waals surface area contributed by atoms with Crippen LogP contribution < -0.4 is 0 Å². The Morgan fingerprint density at radius 2 is 1.12 bits per heavy atom. The maximum absolute atomic E-state index is 11.6. The zero-order valence-corrected chi connectivity index (χ0v) is 14.2. The van der Waals surface area contributed by atoms with Crippen molar-refractivity contribution in [1.29, 1.82) is 0 Å². The quantitative estimate of drug-likeness (QED) is 0.521. The fourth-order valence-corrected chi connectivity index (χ4v) is 4.87. The summed E-state index contributed by atoms with van der Waals surface area (Å²) in [7, 11) is 0. The van der Waals surface area contributed by atoms with E-state index in [4.69, 9.17) is 0 Å². The van der Waals surface area contributed by atoms with Gasteiger partial charge in [-0.3, -0.25) is 0 Å². The molecule has 1 aliphatic heterocycles. The van der Waals surface area contributed by atoms with Crippen LogP contribution in [-0.4, -0.2) is 44.3 Å². The molecule has 10 heteroatoms. The molecule has 8 nitrogen and oxygen atoms in total. The van der Waals surface area contributed by atoms with E-state index in [2.05, 4.69) is 0 Å². The molecule has 0 saturated carbocycles. The van der Waals surface area contributed by atoms with Crippen LogP contribution in [0.5, 0.6) is 0 Å². The topological polar surface area (TPSA) is 149 Å². The van der Waals surface area contributed by atoms with Crippen LogP contribution in [0.4, 0.5) is 0 Å². The first-order valence-corrected chi connectivity index (χ1v) is 8.48. The molecule has 26 heavy (non-hydrogen) atoms. The number of fused-ring (bicyclic) bond motifs is 2. The average Bonchev–Trinajstić information content (AvgIpc) is 2.57. The van der Waals surface area contributed by atoms with Gasteiger partial charge >= 0.3 is 23.9 Å². The number of carboxylic acid groups (broad SMARTS) is 4. The molecule has 132 valence electrons. The van der Waals surface area contributed by atoms with E-state index in [9.17, 15) is 39.6 Å². The van der Waals surface area contributed by atoms with E-state index in [1.807, 2.05) is 0 Å². The summed E-state index contributed by atoms with van der Waals surface area (Å²) in [6, 6.07) is 4.98. The second kappa shape index (κ2) is 6.39. The summed E-state index contributed by atoms with van der Waals surface area (Å²) >= 11 is 1.95. The molecule has 3 rings (SSSR count). The number of rotatable bonds is 4. The summed E-state index contributed by atoms with van der Waals surface area (Å²) in [5.74, 6) is -5.64. The van der Waals surface area contributed by atoms with Crippen LogP contribution in [0.15, 0.2) is 43.8 Å². The van der Waals surface area contributed by atoms with Crippen LogP contribution in [0.2, 0.25) is 0 Å². The second-order valence-electron chi connectivity index (χ2n) is 5.08. The van der Waals surface area contributed by atoms with Gasteiger partial charge in [0.2, 0.25) is 0 Å². The van der Waals surface area contributed by atoms with E-state index in [-0.39, 0.29) is 16.0 Å². The van der Waals surface area contributed by atoms with Gasteiger partial charge in [-0.25, -0.2) is 19.2 Å². The molecule has 0 saturated heterocycles. The van der Waals surface area contributed by atoms with Crippen molar-refractivity contribution in [2.75, 3.05) is 0 Å². The first kappa shape index (κ1) is 17.8. The lowest BCUT2D eigenvalue weighted by molar-refractivity contribution is 0.0648. The third kappa shape index (κ3) is 2.89. The SMILES string of the molecule is O=C(O)c1cc2c(cc1C(=O)O)Sc1c(ccc(C(=O)O)c1C(=O)O)S2. The molecule has 0 amide bonds.